The molecule has 1 heterocycles. The number of amides is 2. The van der Waals surface area contributed by atoms with Crippen molar-refractivity contribution in [1.29, 1.82) is 0 Å². The summed E-state index contributed by atoms with van der Waals surface area (Å²) in [4.78, 5) is 24.5. The minimum atomic E-state index is -0.935. The third-order valence-corrected chi connectivity index (χ3v) is 3.39. The zero-order valence-electron chi connectivity index (χ0n) is 10.9. The van der Waals surface area contributed by atoms with Crippen molar-refractivity contribution in [2.24, 2.45) is 0 Å². The summed E-state index contributed by atoms with van der Waals surface area (Å²) in [5, 5.41) is 11.8. The predicted molar refractivity (Wildman–Crippen MR) is 72.2 cm³/mol. The minimum absolute atomic E-state index is 0.335. The molecule has 5 nitrogen and oxygen atoms in total. The van der Waals surface area contributed by atoms with Gasteiger partial charge < -0.3 is 15.3 Å². The maximum Gasteiger partial charge on any atom is 0.326 e. The summed E-state index contributed by atoms with van der Waals surface area (Å²) in [6.45, 7) is 2.54. The second-order valence-electron chi connectivity index (χ2n) is 4.67. The molecular formula is C14H18N2O3. The van der Waals surface area contributed by atoms with Gasteiger partial charge in [0.1, 0.15) is 6.04 Å². The van der Waals surface area contributed by atoms with Crippen LogP contribution in [0.5, 0.6) is 0 Å². The van der Waals surface area contributed by atoms with Crippen LogP contribution in [0, 0.1) is 0 Å². The molecule has 19 heavy (non-hydrogen) atoms. The maximum absolute atomic E-state index is 12.1. The predicted octanol–water partition coefficient (Wildman–Crippen LogP) is 2.33. The average molecular weight is 262 g/mol. The quantitative estimate of drug-likeness (QED) is 0.878. The SMILES string of the molecule is CCc1cccc(NC(=O)N2CCCC2C(=O)O)c1. The number of aliphatic carboxylic acids is 1. The molecule has 1 saturated heterocycles. The number of anilines is 1. The van der Waals surface area contributed by atoms with Crippen molar-refractivity contribution in [2.75, 3.05) is 11.9 Å². The smallest absolute Gasteiger partial charge is 0.326 e. The molecule has 0 bridgehead atoms. The van der Waals surface area contributed by atoms with E-state index in [0.29, 0.717) is 18.7 Å². The molecule has 0 radical (unpaired) electrons. The first-order valence-electron chi connectivity index (χ1n) is 6.51. The van der Waals surface area contributed by atoms with Crippen LogP contribution in [0.3, 0.4) is 0 Å². The molecule has 0 aromatic heterocycles. The van der Waals surface area contributed by atoms with E-state index in [1.54, 1.807) is 0 Å². The van der Waals surface area contributed by atoms with Crippen LogP contribution in [0.2, 0.25) is 0 Å². The van der Waals surface area contributed by atoms with Gasteiger partial charge in [0.15, 0.2) is 0 Å². The Morgan fingerprint density at radius 2 is 2.26 bits per heavy atom. The molecule has 5 heteroatoms. The first-order chi connectivity index (χ1) is 9.11. The summed E-state index contributed by atoms with van der Waals surface area (Å²) in [6, 6.07) is 6.55. The lowest BCUT2D eigenvalue weighted by Crippen LogP contribution is -2.42. The van der Waals surface area contributed by atoms with Gasteiger partial charge in [-0.25, -0.2) is 9.59 Å². The zero-order chi connectivity index (χ0) is 13.8. The second-order valence-corrected chi connectivity index (χ2v) is 4.67. The molecule has 1 aliphatic rings. The van der Waals surface area contributed by atoms with E-state index in [2.05, 4.69) is 5.32 Å². The van der Waals surface area contributed by atoms with Gasteiger partial charge in [-0.1, -0.05) is 19.1 Å². The van der Waals surface area contributed by atoms with Crippen molar-refractivity contribution in [3.05, 3.63) is 29.8 Å². The summed E-state index contributed by atoms with van der Waals surface area (Å²) >= 11 is 0. The van der Waals surface area contributed by atoms with E-state index in [4.69, 9.17) is 5.11 Å². The van der Waals surface area contributed by atoms with Gasteiger partial charge >= 0.3 is 12.0 Å². The van der Waals surface area contributed by atoms with Crippen LogP contribution in [0.4, 0.5) is 10.5 Å². The molecule has 102 valence electrons. The van der Waals surface area contributed by atoms with Crippen LogP contribution in [0.1, 0.15) is 25.3 Å². The van der Waals surface area contributed by atoms with E-state index >= 15 is 0 Å². The number of benzene rings is 1. The summed E-state index contributed by atoms with van der Waals surface area (Å²) < 4.78 is 0. The average Bonchev–Trinajstić information content (AvgIpc) is 2.88. The molecule has 1 aromatic carbocycles. The number of carbonyl (C=O) groups is 2. The van der Waals surface area contributed by atoms with Crippen molar-refractivity contribution in [3.8, 4) is 0 Å². The monoisotopic (exact) mass is 262 g/mol. The Morgan fingerprint density at radius 3 is 2.95 bits per heavy atom. The van der Waals surface area contributed by atoms with Crippen molar-refractivity contribution in [1.82, 2.24) is 4.90 Å². The molecule has 0 saturated carbocycles. The Balaban J connectivity index is 2.06. The highest BCUT2D eigenvalue weighted by molar-refractivity contribution is 5.92. The minimum Gasteiger partial charge on any atom is -0.480 e. The molecule has 1 aromatic rings. The van der Waals surface area contributed by atoms with Gasteiger partial charge in [0.2, 0.25) is 0 Å². The molecule has 1 fully saturated rings. The normalized spacial score (nSPS) is 18.4. The molecular weight excluding hydrogens is 244 g/mol. The van der Waals surface area contributed by atoms with Gasteiger partial charge in [0.05, 0.1) is 0 Å². The maximum atomic E-state index is 12.1. The number of nitrogens with one attached hydrogen (secondary N) is 1. The second kappa shape index (κ2) is 5.73. The summed E-state index contributed by atoms with van der Waals surface area (Å²) in [5.74, 6) is -0.935. The van der Waals surface area contributed by atoms with Crippen LogP contribution in [-0.4, -0.2) is 34.6 Å². The van der Waals surface area contributed by atoms with E-state index < -0.39 is 12.0 Å². The van der Waals surface area contributed by atoms with Crippen LogP contribution >= 0.6 is 0 Å². The first-order valence-corrected chi connectivity index (χ1v) is 6.51. The van der Waals surface area contributed by atoms with Gasteiger partial charge in [-0.15, -0.1) is 0 Å². The molecule has 1 aliphatic heterocycles. The molecule has 0 aliphatic carbocycles. The fourth-order valence-electron chi connectivity index (χ4n) is 2.33. The van der Waals surface area contributed by atoms with Crippen LogP contribution in [-0.2, 0) is 11.2 Å². The van der Waals surface area contributed by atoms with Gasteiger partial charge in [-0.05, 0) is 37.0 Å². The Morgan fingerprint density at radius 1 is 1.47 bits per heavy atom. The van der Waals surface area contributed by atoms with Crippen molar-refractivity contribution in [2.45, 2.75) is 32.2 Å². The van der Waals surface area contributed by atoms with E-state index in [1.807, 2.05) is 31.2 Å². The number of likely N-dealkylation sites (tertiary alicyclic amines) is 1. The fraction of sp³-hybridized carbons (Fsp3) is 0.429. The standard InChI is InChI=1S/C14H18N2O3/c1-2-10-5-3-6-11(9-10)15-14(19)16-8-4-7-12(16)13(17)18/h3,5-6,9,12H,2,4,7-8H2,1H3,(H,15,19)(H,17,18). The van der Waals surface area contributed by atoms with Crippen LogP contribution in [0.15, 0.2) is 24.3 Å². The number of urea groups is 1. The third-order valence-electron chi connectivity index (χ3n) is 3.39. The molecule has 2 rings (SSSR count). The van der Waals surface area contributed by atoms with Gasteiger partial charge in [-0.2, -0.15) is 0 Å². The highest BCUT2D eigenvalue weighted by Gasteiger charge is 2.33. The van der Waals surface area contributed by atoms with Gasteiger partial charge in [0, 0.05) is 12.2 Å². The zero-order valence-corrected chi connectivity index (χ0v) is 10.9. The van der Waals surface area contributed by atoms with Crippen LogP contribution in [0.25, 0.3) is 0 Å². The number of rotatable bonds is 3. The topological polar surface area (TPSA) is 69.6 Å². The number of hydrogen-bond acceptors (Lipinski definition) is 2. The Hall–Kier alpha value is -2.04. The van der Waals surface area contributed by atoms with Gasteiger partial charge in [0.25, 0.3) is 0 Å². The van der Waals surface area contributed by atoms with Crippen LogP contribution < -0.4 is 5.32 Å². The number of carboxylic acids is 1. The lowest BCUT2D eigenvalue weighted by molar-refractivity contribution is -0.141. The van der Waals surface area contributed by atoms with Crippen molar-refractivity contribution < 1.29 is 14.7 Å². The van der Waals surface area contributed by atoms with E-state index in [0.717, 1.165) is 18.4 Å². The number of aryl methyl sites for hydroxylation is 1. The summed E-state index contributed by atoms with van der Waals surface area (Å²) in [7, 11) is 0. The molecule has 1 unspecified atom stereocenters. The van der Waals surface area contributed by atoms with E-state index in [9.17, 15) is 9.59 Å². The number of carboxylic acid groups (broad SMARTS) is 1. The Kier molecular flexibility index (Phi) is 4.04. The summed E-state index contributed by atoms with van der Waals surface area (Å²) in [6.07, 6.45) is 2.16. The number of nitrogens with zero attached hydrogens (tertiary/aromatic N) is 1. The molecule has 2 amide bonds. The van der Waals surface area contributed by atoms with E-state index in [-0.39, 0.29) is 6.03 Å². The summed E-state index contributed by atoms with van der Waals surface area (Å²) in [5.41, 5.74) is 1.84. The highest BCUT2D eigenvalue weighted by atomic mass is 16.4. The van der Waals surface area contributed by atoms with E-state index in [1.165, 1.54) is 4.90 Å². The first kappa shape index (κ1) is 13.4. The third kappa shape index (κ3) is 3.05. The largest absolute Gasteiger partial charge is 0.480 e. The molecule has 0 spiro atoms. The van der Waals surface area contributed by atoms with Crippen molar-refractivity contribution >= 4 is 17.7 Å². The highest BCUT2D eigenvalue weighted by Crippen LogP contribution is 2.19. The Bertz CT molecular complexity index is 487. The molecule has 2 N–H and O–H groups in total. The Labute approximate surface area is 112 Å². The lowest BCUT2D eigenvalue weighted by atomic mass is 10.1. The number of hydrogen-bond donors (Lipinski definition) is 2. The van der Waals surface area contributed by atoms with Gasteiger partial charge in [-0.3, -0.25) is 0 Å². The fourth-order valence-corrected chi connectivity index (χ4v) is 2.33. The molecule has 1 atom stereocenters. The number of carbonyl (C=O) groups excluding carboxylic acids is 1. The van der Waals surface area contributed by atoms with Crippen molar-refractivity contribution in [3.63, 3.8) is 0 Å². The lowest BCUT2D eigenvalue weighted by Gasteiger charge is -2.21.